The molecule has 0 unspecified atom stereocenters. The Morgan fingerprint density at radius 1 is 1.00 bits per heavy atom. The lowest BCUT2D eigenvalue weighted by Crippen LogP contribution is -2.35. The van der Waals surface area contributed by atoms with Crippen LogP contribution in [-0.2, 0) is 11.3 Å². The summed E-state index contributed by atoms with van der Waals surface area (Å²) in [6.45, 7) is 8.58. The number of benzene rings is 2. The average molecular weight is 377 g/mol. The van der Waals surface area contributed by atoms with Crippen LogP contribution in [0.2, 0.25) is 0 Å². The zero-order chi connectivity index (χ0) is 20.3. The molecule has 0 fully saturated rings. The molecule has 0 aliphatic carbocycles. The molecule has 1 amide bonds. The summed E-state index contributed by atoms with van der Waals surface area (Å²) in [7, 11) is 0. The first-order valence-corrected chi connectivity index (χ1v) is 9.71. The highest BCUT2D eigenvalue weighted by molar-refractivity contribution is 5.81. The molecule has 5 heteroatoms. The minimum Gasteiger partial charge on any atom is -0.347 e. The van der Waals surface area contributed by atoms with Crippen molar-refractivity contribution in [2.45, 2.75) is 46.2 Å². The molecule has 0 aliphatic rings. The largest absolute Gasteiger partial charge is 0.347 e. The summed E-state index contributed by atoms with van der Waals surface area (Å²) in [5, 5.41) is 7.84. The first kappa shape index (κ1) is 19.8. The first-order chi connectivity index (χ1) is 13.4. The van der Waals surface area contributed by atoms with Crippen molar-refractivity contribution in [2.24, 2.45) is 5.92 Å². The van der Waals surface area contributed by atoms with E-state index in [4.69, 9.17) is 0 Å². The van der Waals surface area contributed by atoms with Gasteiger partial charge < -0.3 is 5.32 Å². The monoisotopic (exact) mass is 377 g/mol. The van der Waals surface area contributed by atoms with Crippen LogP contribution in [0.3, 0.4) is 0 Å². The van der Waals surface area contributed by atoms with Gasteiger partial charge in [0.1, 0.15) is 6.54 Å². The van der Waals surface area contributed by atoms with Crippen LogP contribution in [0.4, 0.5) is 0 Å². The lowest BCUT2D eigenvalue weighted by Gasteiger charge is -2.24. The molecule has 146 valence electrons. The maximum absolute atomic E-state index is 12.8. The Labute approximate surface area is 165 Å². The molecular weight excluding hydrogens is 350 g/mol. The summed E-state index contributed by atoms with van der Waals surface area (Å²) in [4.78, 5) is 24.7. The number of carbonyl (C=O) groups excluding carboxylic acids is 1. The molecule has 0 aliphatic heterocycles. The molecule has 0 saturated heterocycles. The van der Waals surface area contributed by atoms with Gasteiger partial charge in [0.15, 0.2) is 0 Å². The Balaban J connectivity index is 1.80. The zero-order valence-electron chi connectivity index (χ0n) is 16.8. The lowest BCUT2D eigenvalue weighted by molar-refractivity contribution is -0.122. The Morgan fingerprint density at radius 3 is 2.29 bits per heavy atom. The van der Waals surface area contributed by atoms with Gasteiger partial charge in [0, 0.05) is 5.39 Å². The second-order valence-electron chi connectivity index (χ2n) is 7.79. The molecule has 0 spiro atoms. The molecular formula is C23H27N3O2. The van der Waals surface area contributed by atoms with E-state index < -0.39 is 0 Å². The second kappa shape index (κ2) is 8.38. The number of hydrogen-bond donors (Lipinski definition) is 1. The smallest absolute Gasteiger partial charge is 0.242 e. The van der Waals surface area contributed by atoms with Gasteiger partial charge in [-0.1, -0.05) is 64.1 Å². The highest BCUT2D eigenvalue weighted by Gasteiger charge is 2.19. The van der Waals surface area contributed by atoms with E-state index in [0.29, 0.717) is 16.8 Å². The van der Waals surface area contributed by atoms with Gasteiger partial charge in [-0.2, -0.15) is 5.10 Å². The van der Waals surface area contributed by atoms with Crippen molar-refractivity contribution in [3.8, 4) is 0 Å². The molecule has 1 N–H and O–H groups in total. The van der Waals surface area contributed by atoms with E-state index in [1.54, 1.807) is 10.7 Å². The van der Waals surface area contributed by atoms with Gasteiger partial charge in [-0.25, -0.2) is 0 Å². The zero-order valence-corrected chi connectivity index (χ0v) is 16.8. The lowest BCUT2D eigenvalue weighted by atomic mass is 9.93. The van der Waals surface area contributed by atoms with Gasteiger partial charge in [0.25, 0.3) is 0 Å². The van der Waals surface area contributed by atoms with Crippen LogP contribution in [0, 0.1) is 5.92 Å². The third-order valence-electron chi connectivity index (χ3n) is 5.00. The van der Waals surface area contributed by atoms with Crippen LogP contribution in [0.15, 0.2) is 59.5 Å². The summed E-state index contributed by atoms with van der Waals surface area (Å²) in [5.74, 6) is 0.585. The summed E-state index contributed by atoms with van der Waals surface area (Å²) in [6.07, 6.45) is 1.26. The predicted octanol–water partition coefficient (Wildman–Crippen LogP) is 4.03. The quantitative estimate of drug-likeness (QED) is 0.705. The Hall–Kier alpha value is -2.95. The predicted molar refractivity (Wildman–Crippen MR) is 112 cm³/mol. The fourth-order valence-corrected chi connectivity index (χ4v) is 3.37. The number of fused-ring (bicyclic) bond motifs is 1. The van der Waals surface area contributed by atoms with Gasteiger partial charge in [-0.3, -0.25) is 14.3 Å². The Morgan fingerprint density at radius 2 is 1.64 bits per heavy atom. The van der Waals surface area contributed by atoms with E-state index in [0.717, 1.165) is 5.56 Å². The third-order valence-corrected chi connectivity index (χ3v) is 5.00. The fraction of sp³-hybridized carbons (Fsp3) is 0.348. The fourth-order valence-electron chi connectivity index (χ4n) is 3.37. The van der Waals surface area contributed by atoms with Crippen molar-refractivity contribution in [3.63, 3.8) is 0 Å². The topological polar surface area (TPSA) is 64.0 Å². The first-order valence-electron chi connectivity index (χ1n) is 9.71. The van der Waals surface area contributed by atoms with Crippen molar-refractivity contribution in [1.82, 2.24) is 15.1 Å². The molecule has 28 heavy (non-hydrogen) atoms. The molecule has 1 heterocycles. The molecule has 1 aromatic heterocycles. The van der Waals surface area contributed by atoms with Crippen molar-refractivity contribution < 1.29 is 4.79 Å². The van der Waals surface area contributed by atoms with Crippen molar-refractivity contribution in [3.05, 3.63) is 76.1 Å². The van der Waals surface area contributed by atoms with Crippen LogP contribution in [-0.4, -0.2) is 15.7 Å². The van der Waals surface area contributed by atoms with Crippen molar-refractivity contribution in [2.75, 3.05) is 0 Å². The number of amides is 1. The van der Waals surface area contributed by atoms with Gasteiger partial charge in [0.2, 0.25) is 11.3 Å². The average Bonchev–Trinajstić information content (AvgIpc) is 2.68. The number of rotatable bonds is 6. The Bertz CT molecular complexity index is 1020. The molecule has 0 radical (unpaired) electrons. The second-order valence-corrected chi connectivity index (χ2v) is 7.79. The van der Waals surface area contributed by atoms with Crippen LogP contribution >= 0.6 is 0 Å². The van der Waals surface area contributed by atoms with E-state index in [1.807, 2.05) is 18.2 Å². The minimum atomic E-state index is -0.141. The van der Waals surface area contributed by atoms with Crippen molar-refractivity contribution in [1.29, 1.82) is 0 Å². The maximum atomic E-state index is 12.8. The maximum Gasteiger partial charge on any atom is 0.242 e. The van der Waals surface area contributed by atoms with E-state index in [9.17, 15) is 9.59 Å². The molecule has 5 nitrogen and oxygen atoms in total. The number of para-hydroxylation sites is 1. The van der Waals surface area contributed by atoms with Crippen molar-refractivity contribution >= 4 is 16.8 Å². The SMILES string of the molecule is CC(C)c1ccc([C@H](NC(=O)Cn2ncc(=O)c3ccccc32)C(C)C)cc1. The van der Waals surface area contributed by atoms with E-state index in [2.05, 4.69) is 62.4 Å². The van der Waals surface area contributed by atoms with Gasteiger partial charge in [0.05, 0.1) is 17.8 Å². The number of aromatic nitrogens is 2. The van der Waals surface area contributed by atoms with E-state index in [1.165, 1.54) is 11.8 Å². The van der Waals surface area contributed by atoms with Crippen LogP contribution in [0.25, 0.3) is 10.9 Å². The molecule has 2 aromatic carbocycles. The number of hydrogen-bond acceptors (Lipinski definition) is 3. The minimum absolute atomic E-state index is 0.0636. The highest BCUT2D eigenvalue weighted by Crippen LogP contribution is 2.24. The summed E-state index contributed by atoms with van der Waals surface area (Å²) in [5.41, 5.74) is 2.89. The van der Waals surface area contributed by atoms with E-state index in [-0.39, 0.29) is 29.8 Å². The van der Waals surface area contributed by atoms with Gasteiger partial charge in [-0.15, -0.1) is 0 Å². The van der Waals surface area contributed by atoms with Gasteiger partial charge >= 0.3 is 0 Å². The van der Waals surface area contributed by atoms with Gasteiger partial charge in [-0.05, 0) is 35.1 Å². The van der Waals surface area contributed by atoms with Crippen LogP contribution in [0.5, 0.6) is 0 Å². The molecule has 0 bridgehead atoms. The number of nitrogens with one attached hydrogen (secondary N) is 1. The number of nitrogens with zero attached hydrogens (tertiary/aromatic N) is 2. The molecule has 3 aromatic rings. The molecule has 3 rings (SSSR count). The summed E-state index contributed by atoms with van der Waals surface area (Å²) >= 11 is 0. The molecule has 0 saturated carbocycles. The molecule has 1 atom stereocenters. The summed E-state index contributed by atoms with van der Waals surface area (Å²) < 4.78 is 1.57. The highest BCUT2D eigenvalue weighted by atomic mass is 16.2. The third kappa shape index (κ3) is 4.30. The van der Waals surface area contributed by atoms with E-state index >= 15 is 0 Å². The standard InChI is InChI=1S/C23H27N3O2/c1-15(2)17-9-11-18(12-10-17)23(16(3)4)25-22(28)14-26-20-8-6-5-7-19(20)21(27)13-24-26/h5-13,15-16,23H,14H2,1-4H3,(H,25,28)/t23-/m1/s1. The number of carbonyl (C=O) groups is 1. The Kier molecular flexibility index (Phi) is 5.93. The summed E-state index contributed by atoms with van der Waals surface area (Å²) in [6, 6.07) is 15.5. The van der Waals surface area contributed by atoms with Crippen LogP contribution in [0.1, 0.15) is 50.8 Å². The van der Waals surface area contributed by atoms with Crippen LogP contribution < -0.4 is 10.7 Å². The normalized spacial score (nSPS) is 12.5.